The second-order valence-corrected chi connectivity index (χ2v) is 8.89. The number of carboxylic acid groups (broad SMARTS) is 1. The summed E-state index contributed by atoms with van der Waals surface area (Å²) in [5, 5.41) is 12.4. The number of carbonyl (C=O) groups is 1. The molecular formula is C26H47ClN2O2. The van der Waals surface area contributed by atoms with Crippen LogP contribution in [0.15, 0.2) is 18.2 Å². The first-order valence-electron chi connectivity index (χ1n) is 12.4. The van der Waals surface area contributed by atoms with E-state index in [1.165, 1.54) is 102 Å². The summed E-state index contributed by atoms with van der Waals surface area (Å²) in [6.07, 6.45) is 21.9. The molecule has 0 bridgehead atoms. The fourth-order valence-electron chi connectivity index (χ4n) is 3.99. The maximum absolute atomic E-state index is 11.0. The summed E-state index contributed by atoms with van der Waals surface area (Å²) in [7, 11) is 0. The Hall–Kier alpha value is -1.42. The van der Waals surface area contributed by atoms with Crippen LogP contribution in [0.3, 0.4) is 0 Å². The molecule has 180 valence electrons. The number of halogens is 1. The van der Waals surface area contributed by atoms with Gasteiger partial charge in [0.2, 0.25) is 0 Å². The number of aromatic carboxylic acids is 1. The predicted octanol–water partition coefficient (Wildman–Crippen LogP) is 8.45. The molecule has 31 heavy (non-hydrogen) atoms. The van der Waals surface area contributed by atoms with Crippen LogP contribution in [0.2, 0.25) is 0 Å². The van der Waals surface area contributed by atoms with Crippen molar-refractivity contribution < 1.29 is 9.90 Å². The number of nitrogens with two attached hydrogens (primary N) is 1. The van der Waals surface area contributed by atoms with Crippen molar-refractivity contribution in [2.75, 3.05) is 11.1 Å². The smallest absolute Gasteiger partial charge is 0.335 e. The Morgan fingerprint density at radius 2 is 1.32 bits per heavy atom. The fraction of sp³-hybridized carbons (Fsp3) is 0.731. The summed E-state index contributed by atoms with van der Waals surface area (Å²) in [6, 6.07) is 5.22. The minimum absolute atomic E-state index is 0. The van der Waals surface area contributed by atoms with E-state index in [4.69, 9.17) is 10.8 Å². The molecule has 4 N–H and O–H groups in total. The lowest BCUT2D eigenvalue weighted by atomic mass is 10.0. The van der Waals surface area contributed by atoms with Gasteiger partial charge in [0.05, 0.1) is 16.9 Å². The molecule has 1 unspecified atom stereocenters. The first-order chi connectivity index (χ1) is 14.5. The van der Waals surface area contributed by atoms with Gasteiger partial charge in [-0.1, -0.05) is 103 Å². The standard InChI is InChI=1S/C26H46N2O2.ClH/c1-3-4-5-6-7-8-9-10-11-12-13-14-15-16-17-18-22(2)28-25-20-19-23(26(29)30)21-24(25)27;/h19-22,28H,3-18,27H2,1-2H3,(H,29,30);1H. The van der Waals surface area contributed by atoms with Gasteiger partial charge >= 0.3 is 5.97 Å². The summed E-state index contributed by atoms with van der Waals surface area (Å²) in [6.45, 7) is 4.44. The van der Waals surface area contributed by atoms with Crippen molar-refractivity contribution in [3.05, 3.63) is 23.8 Å². The van der Waals surface area contributed by atoms with Crippen molar-refractivity contribution in [3.8, 4) is 0 Å². The first kappa shape index (κ1) is 29.6. The van der Waals surface area contributed by atoms with Gasteiger partial charge in [0.25, 0.3) is 0 Å². The van der Waals surface area contributed by atoms with Crippen molar-refractivity contribution in [1.29, 1.82) is 0 Å². The molecule has 0 spiro atoms. The van der Waals surface area contributed by atoms with Gasteiger partial charge in [-0.2, -0.15) is 0 Å². The Bertz CT molecular complexity index is 581. The molecule has 1 rings (SSSR count). The molecule has 0 aliphatic heterocycles. The predicted molar refractivity (Wildman–Crippen MR) is 138 cm³/mol. The third kappa shape index (κ3) is 15.1. The van der Waals surface area contributed by atoms with Crippen LogP contribution in [0.5, 0.6) is 0 Å². The molecule has 0 amide bonds. The third-order valence-electron chi connectivity index (χ3n) is 5.94. The van der Waals surface area contributed by atoms with E-state index in [1.807, 2.05) is 0 Å². The molecule has 4 nitrogen and oxygen atoms in total. The van der Waals surface area contributed by atoms with Crippen molar-refractivity contribution in [3.63, 3.8) is 0 Å². The third-order valence-corrected chi connectivity index (χ3v) is 5.94. The van der Waals surface area contributed by atoms with Gasteiger partial charge in [-0.15, -0.1) is 12.4 Å². The topological polar surface area (TPSA) is 75.3 Å². The Balaban J connectivity index is 0.00000900. The molecule has 0 heterocycles. The maximum Gasteiger partial charge on any atom is 0.335 e. The molecule has 0 fully saturated rings. The largest absolute Gasteiger partial charge is 0.478 e. The monoisotopic (exact) mass is 454 g/mol. The molecular weight excluding hydrogens is 408 g/mol. The molecule has 5 heteroatoms. The van der Waals surface area contributed by atoms with Gasteiger partial charge in [-0.3, -0.25) is 0 Å². The normalized spacial score (nSPS) is 11.7. The van der Waals surface area contributed by atoms with Crippen LogP contribution < -0.4 is 11.1 Å². The Morgan fingerprint density at radius 1 is 0.871 bits per heavy atom. The summed E-state index contributed by atoms with van der Waals surface area (Å²) < 4.78 is 0. The zero-order valence-corrected chi connectivity index (χ0v) is 20.8. The number of anilines is 2. The second kappa shape index (κ2) is 19.3. The highest BCUT2D eigenvalue weighted by Gasteiger charge is 2.08. The van der Waals surface area contributed by atoms with Gasteiger partial charge in [0, 0.05) is 6.04 Å². The highest BCUT2D eigenvalue weighted by atomic mass is 35.5. The number of hydrogen-bond donors (Lipinski definition) is 3. The molecule has 0 aliphatic carbocycles. The zero-order chi connectivity index (χ0) is 22.0. The molecule has 1 atom stereocenters. The number of benzene rings is 1. The van der Waals surface area contributed by atoms with E-state index in [1.54, 1.807) is 12.1 Å². The Morgan fingerprint density at radius 3 is 1.74 bits per heavy atom. The fourth-order valence-corrected chi connectivity index (χ4v) is 3.99. The van der Waals surface area contributed by atoms with Crippen LogP contribution >= 0.6 is 12.4 Å². The van der Waals surface area contributed by atoms with Gasteiger partial charge in [0.15, 0.2) is 0 Å². The van der Waals surface area contributed by atoms with Crippen molar-refractivity contribution in [1.82, 2.24) is 0 Å². The minimum Gasteiger partial charge on any atom is -0.478 e. The lowest BCUT2D eigenvalue weighted by Crippen LogP contribution is -2.16. The molecule has 0 saturated carbocycles. The number of carboxylic acids is 1. The SMILES string of the molecule is CCCCCCCCCCCCCCCCCC(C)Nc1ccc(C(=O)O)cc1N.Cl. The van der Waals surface area contributed by atoms with Gasteiger partial charge in [-0.25, -0.2) is 4.79 Å². The van der Waals surface area contributed by atoms with E-state index < -0.39 is 5.97 Å². The quantitative estimate of drug-likeness (QED) is 0.145. The lowest BCUT2D eigenvalue weighted by Gasteiger charge is -2.17. The number of nitrogen functional groups attached to an aromatic ring is 1. The van der Waals surface area contributed by atoms with Crippen LogP contribution in [0.1, 0.15) is 127 Å². The summed E-state index contributed by atoms with van der Waals surface area (Å²) in [5.74, 6) is -0.945. The van der Waals surface area contributed by atoms with E-state index in [-0.39, 0.29) is 18.0 Å². The molecule has 0 aliphatic rings. The van der Waals surface area contributed by atoms with Gasteiger partial charge in [-0.05, 0) is 31.5 Å². The molecule has 1 aromatic carbocycles. The summed E-state index contributed by atoms with van der Waals surface area (Å²) in [5.41, 5.74) is 7.52. The van der Waals surface area contributed by atoms with E-state index in [0.29, 0.717) is 11.7 Å². The lowest BCUT2D eigenvalue weighted by molar-refractivity contribution is 0.0697. The van der Waals surface area contributed by atoms with Crippen LogP contribution in [-0.2, 0) is 0 Å². The van der Waals surface area contributed by atoms with Crippen LogP contribution in [0.4, 0.5) is 11.4 Å². The molecule has 0 radical (unpaired) electrons. The average Bonchev–Trinajstić information content (AvgIpc) is 2.72. The summed E-state index contributed by atoms with van der Waals surface area (Å²) in [4.78, 5) is 11.0. The minimum atomic E-state index is -0.945. The number of nitrogens with one attached hydrogen (secondary N) is 1. The van der Waals surface area contributed by atoms with Crippen LogP contribution in [0.25, 0.3) is 0 Å². The molecule has 0 saturated heterocycles. The van der Waals surface area contributed by atoms with Crippen LogP contribution in [-0.4, -0.2) is 17.1 Å². The van der Waals surface area contributed by atoms with Crippen molar-refractivity contribution in [2.45, 2.75) is 123 Å². The van der Waals surface area contributed by atoms with Gasteiger partial charge in [0.1, 0.15) is 0 Å². The molecule has 0 aromatic heterocycles. The average molecular weight is 455 g/mol. The Kier molecular flexibility index (Phi) is 18.4. The number of hydrogen-bond acceptors (Lipinski definition) is 3. The molecule has 1 aromatic rings. The Labute approximate surface area is 197 Å². The van der Waals surface area contributed by atoms with Gasteiger partial charge < -0.3 is 16.2 Å². The van der Waals surface area contributed by atoms with Crippen molar-refractivity contribution >= 4 is 29.8 Å². The van der Waals surface area contributed by atoms with Crippen LogP contribution in [0, 0.1) is 0 Å². The van der Waals surface area contributed by atoms with Crippen molar-refractivity contribution in [2.24, 2.45) is 0 Å². The highest BCUT2D eigenvalue weighted by Crippen LogP contribution is 2.22. The first-order valence-corrected chi connectivity index (χ1v) is 12.4. The van der Waals surface area contributed by atoms with E-state index in [2.05, 4.69) is 19.2 Å². The zero-order valence-electron chi connectivity index (χ0n) is 20.0. The second-order valence-electron chi connectivity index (χ2n) is 8.89. The number of unbranched alkanes of at least 4 members (excludes halogenated alkanes) is 14. The van der Waals surface area contributed by atoms with E-state index in [0.717, 1.165) is 12.1 Å². The summed E-state index contributed by atoms with van der Waals surface area (Å²) >= 11 is 0. The van der Waals surface area contributed by atoms with E-state index in [9.17, 15) is 4.79 Å². The highest BCUT2D eigenvalue weighted by molar-refractivity contribution is 5.90. The van der Waals surface area contributed by atoms with E-state index >= 15 is 0 Å². The maximum atomic E-state index is 11.0. The number of rotatable bonds is 19.